The van der Waals surface area contributed by atoms with Gasteiger partial charge in [-0.25, -0.2) is 9.50 Å². The first-order valence-corrected chi connectivity index (χ1v) is 8.04. The molecule has 0 radical (unpaired) electrons. The zero-order chi connectivity index (χ0) is 16.0. The topological polar surface area (TPSA) is 59.5 Å². The molecule has 4 rings (SSSR count). The first-order valence-electron chi connectivity index (χ1n) is 8.04. The van der Waals surface area contributed by atoms with Crippen LogP contribution in [0.25, 0.3) is 16.8 Å². The maximum atomic E-state index is 6.05. The third-order valence-corrected chi connectivity index (χ3v) is 4.56. The minimum atomic E-state index is 0.235. The number of fused-ring (bicyclic) bond motifs is 1. The summed E-state index contributed by atoms with van der Waals surface area (Å²) in [5, 5.41) is 4.75. The highest BCUT2D eigenvalue weighted by Crippen LogP contribution is 2.29. The maximum absolute atomic E-state index is 6.05. The Labute approximate surface area is 135 Å². The van der Waals surface area contributed by atoms with Crippen LogP contribution in [-0.4, -0.2) is 33.7 Å². The summed E-state index contributed by atoms with van der Waals surface area (Å²) in [5.41, 5.74) is 11.7. The molecule has 0 spiro atoms. The Hall–Kier alpha value is -2.40. The summed E-state index contributed by atoms with van der Waals surface area (Å²) in [5.74, 6) is 0.976. The van der Waals surface area contributed by atoms with E-state index in [1.807, 2.05) is 16.9 Å². The number of anilines is 1. The molecule has 3 aromatic rings. The first-order chi connectivity index (χ1) is 11.1. The van der Waals surface area contributed by atoms with Crippen LogP contribution in [0.4, 0.5) is 5.82 Å². The highest BCUT2D eigenvalue weighted by Gasteiger charge is 2.23. The molecule has 118 valence electrons. The Bertz CT molecular complexity index is 867. The van der Waals surface area contributed by atoms with Gasteiger partial charge in [0.25, 0.3) is 0 Å². The van der Waals surface area contributed by atoms with Crippen LogP contribution in [0, 0.1) is 13.8 Å². The summed E-state index contributed by atoms with van der Waals surface area (Å²) in [4.78, 5) is 6.84. The lowest BCUT2D eigenvalue weighted by molar-refractivity contribution is 0.751. The molecule has 23 heavy (non-hydrogen) atoms. The third-order valence-electron chi connectivity index (χ3n) is 4.56. The molecule has 0 saturated carbocycles. The van der Waals surface area contributed by atoms with E-state index in [0.29, 0.717) is 0 Å². The molecule has 1 fully saturated rings. The highest BCUT2D eigenvalue weighted by molar-refractivity contribution is 5.76. The van der Waals surface area contributed by atoms with E-state index >= 15 is 0 Å². The Morgan fingerprint density at radius 2 is 2.09 bits per heavy atom. The fourth-order valence-electron chi connectivity index (χ4n) is 3.28. The van der Waals surface area contributed by atoms with Gasteiger partial charge in [-0.1, -0.05) is 17.7 Å². The predicted octanol–water partition coefficient (Wildman–Crippen LogP) is 2.55. The van der Waals surface area contributed by atoms with Crippen LogP contribution in [0.5, 0.6) is 0 Å². The number of aryl methyl sites for hydroxylation is 2. The van der Waals surface area contributed by atoms with Gasteiger partial charge in [0.2, 0.25) is 0 Å². The summed E-state index contributed by atoms with van der Waals surface area (Å²) in [6.45, 7) is 6.04. The second-order valence-electron chi connectivity index (χ2n) is 6.42. The SMILES string of the molecule is Cc1ccc(C)c(-c2cc3c(N4CCC(N)C4)nccn3n2)c1. The van der Waals surface area contributed by atoms with E-state index in [2.05, 4.69) is 48.0 Å². The molecule has 1 aromatic carbocycles. The van der Waals surface area contributed by atoms with E-state index in [9.17, 15) is 0 Å². The molecular formula is C18H21N5. The molecule has 1 saturated heterocycles. The Morgan fingerprint density at radius 1 is 1.22 bits per heavy atom. The van der Waals surface area contributed by atoms with Gasteiger partial charge in [0, 0.05) is 37.1 Å². The van der Waals surface area contributed by atoms with E-state index in [0.717, 1.165) is 36.5 Å². The van der Waals surface area contributed by atoms with Crippen molar-refractivity contribution in [2.24, 2.45) is 5.73 Å². The monoisotopic (exact) mass is 307 g/mol. The standard InChI is InChI=1S/C18H21N5/c1-12-3-4-13(2)15(9-12)16-10-17-18(20-6-8-23(17)21-16)22-7-5-14(19)11-22/h3-4,6,8-10,14H,5,7,11,19H2,1-2H3. The van der Waals surface area contributed by atoms with Gasteiger partial charge in [0.1, 0.15) is 5.52 Å². The molecule has 1 aliphatic heterocycles. The van der Waals surface area contributed by atoms with E-state index in [-0.39, 0.29) is 6.04 Å². The molecule has 3 heterocycles. The summed E-state index contributed by atoms with van der Waals surface area (Å²) in [7, 11) is 0. The lowest BCUT2D eigenvalue weighted by atomic mass is 10.0. The number of rotatable bonds is 2. The van der Waals surface area contributed by atoms with E-state index in [1.165, 1.54) is 16.7 Å². The van der Waals surface area contributed by atoms with Crippen molar-refractivity contribution in [3.63, 3.8) is 0 Å². The van der Waals surface area contributed by atoms with Crippen LogP contribution in [-0.2, 0) is 0 Å². The molecule has 2 aromatic heterocycles. The van der Waals surface area contributed by atoms with Crippen LogP contribution >= 0.6 is 0 Å². The zero-order valence-corrected chi connectivity index (χ0v) is 13.5. The van der Waals surface area contributed by atoms with E-state index < -0.39 is 0 Å². The van der Waals surface area contributed by atoms with Crippen molar-refractivity contribution in [2.75, 3.05) is 18.0 Å². The Morgan fingerprint density at radius 3 is 2.87 bits per heavy atom. The largest absolute Gasteiger partial charge is 0.353 e. The molecule has 0 bridgehead atoms. The number of nitrogens with two attached hydrogens (primary N) is 1. The fraction of sp³-hybridized carbons (Fsp3) is 0.333. The van der Waals surface area contributed by atoms with Crippen LogP contribution in [0.1, 0.15) is 17.5 Å². The zero-order valence-electron chi connectivity index (χ0n) is 13.5. The summed E-state index contributed by atoms with van der Waals surface area (Å²) < 4.78 is 1.92. The maximum Gasteiger partial charge on any atom is 0.154 e. The van der Waals surface area contributed by atoms with E-state index in [4.69, 9.17) is 10.8 Å². The second-order valence-corrected chi connectivity index (χ2v) is 6.42. The number of aromatic nitrogens is 3. The molecule has 2 N–H and O–H groups in total. The van der Waals surface area contributed by atoms with Crippen LogP contribution in [0.2, 0.25) is 0 Å². The van der Waals surface area contributed by atoms with Gasteiger partial charge in [-0.15, -0.1) is 0 Å². The average molecular weight is 307 g/mol. The second kappa shape index (κ2) is 5.35. The summed E-state index contributed by atoms with van der Waals surface area (Å²) in [6, 6.07) is 8.84. The van der Waals surface area contributed by atoms with Gasteiger partial charge in [-0.05, 0) is 38.0 Å². The predicted molar refractivity (Wildman–Crippen MR) is 92.7 cm³/mol. The molecule has 5 nitrogen and oxygen atoms in total. The number of benzene rings is 1. The van der Waals surface area contributed by atoms with Gasteiger partial charge in [-0.3, -0.25) is 0 Å². The molecule has 1 unspecified atom stereocenters. The Kier molecular flexibility index (Phi) is 3.31. The minimum absolute atomic E-state index is 0.235. The van der Waals surface area contributed by atoms with Crippen LogP contribution in [0.3, 0.4) is 0 Å². The number of hydrogen-bond acceptors (Lipinski definition) is 4. The first kappa shape index (κ1) is 14.2. The van der Waals surface area contributed by atoms with Gasteiger partial charge in [-0.2, -0.15) is 5.10 Å². The van der Waals surface area contributed by atoms with E-state index in [1.54, 1.807) is 0 Å². The molecule has 0 amide bonds. The quantitative estimate of drug-likeness (QED) is 0.790. The van der Waals surface area contributed by atoms with Crippen molar-refractivity contribution in [3.8, 4) is 11.3 Å². The molecule has 0 aliphatic carbocycles. The Balaban J connectivity index is 1.83. The van der Waals surface area contributed by atoms with Crippen molar-refractivity contribution in [1.29, 1.82) is 0 Å². The normalized spacial score (nSPS) is 18.0. The lowest BCUT2D eigenvalue weighted by Gasteiger charge is -2.17. The summed E-state index contributed by atoms with van der Waals surface area (Å²) in [6.07, 6.45) is 4.73. The number of nitrogens with zero attached hydrogens (tertiary/aromatic N) is 4. The lowest BCUT2D eigenvalue weighted by Crippen LogP contribution is -2.27. The average Bonchev–Trinajstić information content (AvgIpc) is 3.15. The van der Waals surface area contributed by atoms with Gasteiger partial charge >= 0.3 is 0 Å². The highest BCUT2D eigenvalue weighted by atomic mass is 15.3. The molecule has 1 aliphatic rings. The fourth-order valence-corrected chi connectivity index (χ4v) is 3.28. The van der Waals surface area contributed by atoms with Crippen LogP contribution in [0.15, 0.2) is 36.7 Å². The number of hydrogen-bond donors (Lipinski definition) is 1. The van der Waals surface area contributed by atoms with Crippen molar-refractivity contribution in [1.82, 2.24) is 14.6 Å². The van der Waals surface area contributed by atoms with Crippen molar-refractivity contribution in [3.05, 3.63) is 47.8 Å². The van der Waals surface area contributed by atoms with Gasteiger partial charge in [0.05, 0.1) is 5.69 Å². The van der Waals surface area contributed by atoms with Crippen molar-refractivity contribution >= 4 is 11.3 Å². The van der Waals surface area contributed by atoms with Gasteiger partial charge < -0.3 is 10.6 Å². The van der Waals surface area contributed by atoms with Gasteiger partial charge in [0.15, 0.2) is 5.82 Å². The van der Waals surface area contributed by atoms with Crippen LogP contribution < -0.4 is 10.6 Å². The third kappa shape index (κ3) is 2.47. The molecule has 5 heteroatoms. The minimum Gasteiger partial charge on any atom is -0.353 e. The van der Waals surface area contributed by atoms with Crippen molar-refractivity contribution < 1.29 is 0 Å². The van der Waals surface area contributed by atoms with Crippen molar-refractivity contribution in [2.45, 2.75) is 26.3 Å². The molecular weight excluding hydrogens is 286 g/mol. The summed E-state index contributed by atoms with van der Waals surface area (Å²) >= 11 is 0. The molecule has 1 atom stereocenters. The smallest absolute Gasteiger partial charge is 0.154 e.